The van der Waals surface area contributed by atoms with Crippen molar-refractivity contribution in [2.75, 3.05) is 19.0 Å². The summed E-state index contributed by atoms with van der Waals surface area (Å²) in [5.74, 6) is -1.14. The molecule has 7 heteroatoms. The molecule has 0 heterocycles. The third kappa shape index (κ3) is 3.92. The van der Waals surface area contributed by atoms with Gasteiger partial charge in [-0.2, -0.15) is 0 Å². The molecule has 1 aromatic carbocycles. The van der Waals surface area contributed by atoms with Gasteiger partial charge in [-0.1, -0.05) is 0 Å². The molecule has 0 fully saturated rings. The summed E-state index contributed by atoms with van der Waals surface area (Å²) in [6.45, 7) is 3.92. The molecule has 2 N–H and O–H groups in total. The monoisotopic (exact) mass is 268 g/mol. The first kappa shape index (κ1) is 14.9. The van der Waals surface area contributed by atoms with Crippen molar-refractivity contribution in [3.8, 4) is 0 Å². The Morgan fingerprint density at radius 3 is 2.63 bits per heavy atom. The number of benzene rings is 1. The van der Waals surface area contributed by atoms with Gasteiger partial charge < -0.3 is 15.2 Å². The zero-order valence-electron chi connectivity index (χ0n) is 11.0. The van der Waals surface area contributed by atoms with E-state index < -0.39 is 16.4 Å². The summed E-state index contributed by atoms with van der Waals surface area (Å²) >= 11 is 0. The first-order valence-electron chi connectivity index (χ1n) is 5.55. The Morgan fingerprint density at radius 2 is 2.16 bits per heavy atom. The van der Waals surface area contributed by atoms with E-state index in [1.54, 1.807) is 13.8 Å². The highest BCUT2D eigenvalue weighted by Crippen LogP contribution is 2.28. The van der Waals surface area contributed by atoms with Gasteiger partial charge in [-0.3, -0.25) is 10.1 Å². The SMILES string of the molecule is COCC(C)(C)Nc1cc(C(=O)O)ccc1[N+](=O)[O-]. The summed E-state index contributed by atoms with van der Waals surface area (Å²) in [5, 5.41) is 22.8. The fourth-order valence-corrected chi connectivity index (χ4v) is 1.69. The number of ether oxygens (including phenoxy) is 1. The van der Waals surface area contributed by atoms with E-state index in [2.05, 4.69) is 5.32 Å². The zero-order valence-corrected chi connectivity index (χ0v) is 11.0. The molecule has 1 aromatic rings. The molecule has 0 saturated heterocycles. The fraction of sp³-hybridized carbons (Fsp3) is 0.417. The first-order valence-corrected chi connectivity index (χ1v) is 5.55. The largest absolute Gasteiger partial charge is 0.478 e. The number of hydrogen-bond donors (Lipinski definition) is 2. The van der Waals surface area contributed by atoms with Crippen molar-refractivity contribution in [1.82, 2.24) is 0 Å². The second-order valence-electron chi connectivity index (χ2n) is 4.74. The predicted octanol–water partition coefficient (Wildman–Crippen LogP) is 2.13. The van der Waals surface area contributed by atoms with Crippen LogP contribution < -0.4 is 5.32 Å². The van der Waals surface area contributed by atoms with Crippen LogP contribution in [0.2, 0.25) is 0 Å². The van der Waals surface area contributed by atoms with E-state index in [0.717, 1.165) is 0 Å². The molecule has 104 valence electrons. The van der Waals surface area contributed by atoms with Crippen LogP contribution in [0.15, 0.2) is 18.2 Å². The van der Waals surface area contributed by atoms with Gasteiger partial charge >= 0.3 is 5.97 Å². The van der Waals surface area contributed by atoms with Crippen LogP contribution in [0.3, 0.4) is 0 Å². The molecule has 0 radical (unpaired) electrons. The predicted molar refractivity (Wildman–Crippen MR) is 69.6 cm³/mol. The van der Waals surface area contributed by atoms with Gasteiger partial charge in [-0.15, -0.1) is 0 Å². The standard InChI is InChI=1S/C12H16N2O5/c1-12(2,7-19-3)13-9-6-8(11(15)16)4-5-10(9)14(17)18/h4-6,13H,7H2,1-3H3,(H,15,16). The second-order valence-corrected chi connectivity index (χ2v) is 4.74. The van der Waals surface area contributed by atoms with Crippen LogP contribution >= 0.6 is 0 Å². The maximum absolute atomic E-state index is 10.9. The second kappa shape index (κ2) is 5.66. The van der Waals surface area contributed by atoms with Crippen molar-refractivity contribution in [2.45, 2.75) is 19.4 Å². The van der Waals surface area contributed by atoms with E-state index in [-0.39, 0.29) is 16.9 Å². The Balaban J connectivity index is 3.18. The van der Waals surface area contributed by atoms with Crippen LogP contribution in [-0.4, -0.2) is 35.3 Å². The van der Waals surface area contributed by atoms with Gasteiger partial charge in [0.2, 0.25) is 0 Å². The molecule has 0 spiro atoms. The number of methoxy groups -OCH3 is 1. The summed E-state index contributed by atoms with van der Waals surface area (Å²) < 4.78 is 5.01. The number of carboxylic acids is 1. The maximum atomic E-state index is 10.9. The molecule has 0 aromatic heterocycles. The van der Waals surface area contributed by atoms with Gasteiger partial charge in [-0.05, 0) is 26.0 Å². The molecule has 19 heavy (non-hydrogen) atoms. The molecule has 7 nitrogen and oxygen atoms in total. The smallest absolute Gasteiger partial charge is 0.335 e. The molecule has 0 unspecified atom stereocenters. The normalized spacial score (nSPS) is 11.1. The third-order valence-electron chi connectivity index (χ3n) is 2.42. The summed E-state index contributed by atoms with van der Waals surface area (Å²) in [5.41, 5.74) is -0.584. The number of nitro groups is 1. The highest BCUT2D eigenvalue weighted by Gasteiger charge is 2.23. The van der Waals surface area contributed by atoms with E-state index in [1.807, 2.05) is 0 Å². The highest BCUT2D eigenvalue weighted by molar-refractivity contribution is 5.90. The molecule has 0 amide bonds. The van der Waals surface area contributed by atoms with Crippen molar-refractivity contribution in [2.24, 2.45) is 0 Å². The van der Waals surface area contributed by atoms with Gasteiger partial charge in [0.1, 0.15) is 5.69 Å². The Labute approximate surface area is 110 Å². The van der Waals surface area contributed by atoms with Crippen LogP contribution in [-0.2, 0) is 4.74 Å². The molecule has 0 aliphatic rings. The van der Waals surface area contributed by atoms with E-state index in [0.29, 0.717) is 6.61 Å². The lowest BCUT2D eigenvalue weighted by atomic mass is 10.1. The lowest BCUT2D eigenvalue weighted by Crippen LogP contribution is -2.36. The van der Waals surface area contributed by atoms with Crippen molar-refractivity contribution in [3.63, 3.8) is 0 Å². The van der Waals surface area contributed by atoms with Crippen LogP contribution in [0.4, 0.5) is 11.4 Å². The maximum Gasteiger partial charge on any atom is 0.335 e. The first-order chi connectivity index (χ1) is 8.76. The number of rotatable bonds is 6. The molecule has 0 atom stereocenters. The van der Waals surface area contributed by atoms with Gasteiger partial charge in [0.05, 0.1) is 22.6 Å². The minimum atomic E-state index is -1.14. The van der Waals surface area contributed by atoms with E-state index in [9.17, 15) is 14.9 Å². The van der Waals surface area contributed by atoms with Gasteiger partial charge in [0.25, 0.3) is 5.69 Å². The zero-order chi connectivity index (χ0) is 14.6. The lowest BCUT2D eigenvalue weighted by molar-refractivity contribution is -0.384. The number of nitrogens with zero attached hydrogens (tertiary/aromatic N) is 1. The molecular weight excluding hydrogens is 252 g/mol. The summed E-state index contributed by atoms with van der Waals surface area (Å²) in [4.78, 5) is 21.3. The van der Waals surface area contributed by atoms with Crippen LogP contribution in [0, 0.1) is 10.1 Å². The van der Waals surface area contributed by atoms with Crippen molar-refractivity contribution in [1.29, 1.82) is 0 Å². The van der Waals surface area contributed by atoms with Crippen LogP contribution in [0.1, 0.15) is 24.2 Å². The molecular formula is C12H16N2O5. The van der Waals surface area contributed by atoms with Gasteiger partial charge in [0, 0.05) is 13.2 Å². The van der Waals surface area contributed by atoms with Crippen molar-refractivity contribution >= 4 is 17.3 Å². The minimum absolute atomic E-state index is 0.0127. The number of anilines is 1. The van der Waals surface area contributed by atoms with E-state index >= 15 is 0 Å². The molecule has 0 aliphatic heterocycles. The Morgan fingerprint density at radius 1 is 1.53 bits per heavy atom. The average Bonchev–Trinajstić information content (AvgIpc) is 2.27. The van der Waals surface area contributed by atoms with Crippen LogP contribution in [0.25, 0.3) is 0 Å². The van der Waals surface area contributed by atoms with Crippen molar-refractivity contribution in [3.05, 3.63) is 33.9 Å². The van der Waals surface area contributed by atoms with Crippen LogP contribution in [0.5, 0.6) is 0 Å². The van der Waals surface area contributed by atoms with Crippen molar-refractivity contribution < 1.29 is 19.6 Å². The topological polar surface area (TPSA) is 102 Å². The highest BCUT2D eigenvalue weighted by atomic mass is 16.6. The van der Waals surface area contributed by atoms with Gasteiger partial charge in [-0.25, -0.2) is 4.79 Å². The molecule has 0 saturated carbocycles. The number of carbonyl (C=O) groups is 1. The molecule has 0 aliphatic carbocycles. The lowest BCUT2D eigenvalue weighted by Gasteiger charge is -2.26. The summed E-state index contributed by atoms with van der Waals surface area (Å²) in [7, 11) is 1.52. The fourth-order valence-electron chi connectivity index (χ4n) is 1.69. The summed E-state index contributed by atoms with van der Waals surface area (Å²) in [6, 6.07) is 3.63. The number of nitro benzene ring substituents is 1. The number of carboxylic acid groups (broad SMARTS) is 1. The summed E-state index contributed by atoms with van der Waals surface area (Å²) in [6.07, 6.45) is 0. The quantitative estimate of drug-likeness (QED) is 0.605. The molecule has 1 rings (SSSR count). The molecule has 0 bridgehead atoms. The average molecular weight is 268 g/mol. The number of hydrogen-bond acceptors (Lipinski definition) is 5. The minimum Gasteiger partial charge on any atom is -0.478 e. The van der Waals surface area contributed by atoms with E-state index in [4.69, 9.17) is 9.84 Å². The van der Waals surface area contributed by atoms with Gasteiger partial charge in [0.15, 0.2) is 0 Å². The number of nitrogens with one attached hydrogen (secondary N) is 1. The number of aromatic carboxylic acids is 1. The Bertz CT molecular complexity index is 499. The Kier molecular flexibility index (Phi) is 4.44. The Hall–Kier alpha value is -2.15. The van der Waals surface area contributed by atoms with E-state index in [1.165, 1.54) is 25.3 Å². The third-order valence-corrected chi connectivity index (χ3v) is 2.42.